The molecule has 0 saturated carbocycles. The number of rotatable bonds is 0. The lowest BCUT2D eigenvalue weighted by Crippen LogP contribution is -2.27. The Morgan fingerprint density at radius 2 is 2.12 bits per heavy atom. The van der Waals surface area contributed by atoms with Crippen LogP contribution in [0.3, 0.4) is 0 Å². The Morgan fingerprint density at radius 1 is 1.50 bits per heavy atom. The van der Waals surface area contributed by atoms with E-state index < -0.39 is 0 Å². The first kappa shape index (κ1) is 5.35. The van der Waals surface area contributed by atoms with Crippen LogP contribution in [0.4, 0.5) is 0 Å². The van der Waals surface area contributed by atoms with Crippen molar-refractivity contribution in [2.75, 3.05) is 0 Å². The Morgan fingerprint density at radius 3 is 2.25 bits per heavy atom. The smallest absolute Gasteiger partial charge is 0.245 e. The summed E-state index contributed by atoms with van der Waals surface area (Å²) in [5, 5.41) is 0. The molecule has 0 aliphatic heterocycles. The van der Waals surface area contributed by atoms with E-state index >= 15 is 0 Å². The van der Waals surface area contributed by atoms with Crippen LogP contribution >= 0.6 is 0 Å². The Hall–Kier alpha value is -0.790. The van der Waals surface area contributed by atoms with Gasteiger partial charge in [0.25, 0.3) is 5.82 Å². The summed E-state index contributed by atoms with van der Waals surface area (Å²) in [6.45, 7) is 4.10. The third kappa shape index (κ3) is 0.735. The zero-order valence-corrected chi connectivity index (χ0v) is 5.52. The molecular weight excluding hydrogens is 100 g/mol. The van der Waals surface area contributed by atoms with E-state index in [4.69, 9.17) is 0 Å². The first-order chi connectivity index (χ1) is 3.70. The lowest BCUT2D eigenvalue weighted by atomic mass is 10.6. The molecule has 0 saturated heterocycles. The second-order valence-corrected chi connectivity index (χ2v) is 2.13. The summed E-state index contributed by atoms with van der Waals surface area (Å²) in [6, 6.07) is 0. The van der Waals surface area contributed by atoms with Crippen LogP contribution in [0.15, 0.2) is 6.20 Å². The average Bonchev–Trinajstić information content (AvgIpc) is 1.85. The van der Waals surface area contributed by atoms with E-state index in [-0.39, 0.29) is 0 Å². The number of imidazole rings is 1. The van der Waals surface area contributed by atoms with Gasteiger partial charge in [-0.1, -0.05) is 0 Å². The number of nitrogens with zero attached hydrogens (tertiary/aromatic N) is 1. The number of aryl methyl sites for hydroxylation is 3. The van der Waals surface area contributed by atoms with Crippen LogP contribution in [0.2, 0.25) is 0 Å². The summed E-state index contributed by atoms with van der Waals surface area (Å²) in [4.78, 5) is 3.17. The molecule has 1 heterocycles. The maximum Gasteiger partial charge on any atom is 0.250 e. The van der Waals surface area contributed by atoms with Crippen molar-refractivity contribution in [3.63, 3.8) is 0 Å². The Labute approximate surface area is 49.2 Å². The third-order valence-electron chi connectivity index (χ3n) is 1.29. The van der Waals surface area contributed by atoms with Gasteiger partial charge in [-0.2, -0.15) is 0 Å². The first-order valence-electron chi connectivity index (χ1n) is 2.72. The first-order valence-corrected chi connectivity index (χ1v) is 2.72. The second-order valence-electron chi connectivity index (χ2n) is 2.13. The fraction of sp³-hybridized carbons (Fsp3) is 0.500. The molecule has 0 bridgehead atoms. The summed E-state index contributed by atoms with van der Waals surface area (Å²) < 4.78 is 2.06. The van der Waals surface area contributed by atoms with E-state index in [1.54, 1.807) is 0 Å². The van der Waals surface area contributed by atoms with Crippen LogP contribution in [-0.4, -0.2) is 4.98 Å². The largest absolute Gasteiger partial charge is 0.250 e. The number of aromatic amines is 1. The Bertz CT molecular complexity index is 169. The van der Waals surface area contributed by atoms with Crippen LogP contribution in [-0.2, 0) is 7.05 Å². The lowest BCUT2D eigenvalue weighted by molar-refractivity contribution is -0.676. The van der Waals surface area contributed by atoms with Gasteiger partial charge < -0.3 is 0 Å². The van der Waals surface area contributed by atoms with E-state index in [1.165, 1.54) is 11.5 Å². The van der Waals surface area contributed by atoms with E-state index in [2.05, 4.69) is 15.7 Å². The van der Waals surface area contributed by atoms with Crippen molar-refractivity contribution < 1.29 is 4.57 Å². The molecule has 0 spiro atoms. The SMILES string of the molecule is Cc1c[n+](C)c(C)[nH]1. The highest BCUT2D eigenvalue weighted by atomic mass is 15.0. The van der Waals surface area contributed by atoms with Crippen LogP contribution in [0.5, 0.6) is 0 Å². The highest BCUT2D eigenvalue weighted by Gasteiger charge is 2.00. The fourth-order valence-electron chi connectivity index (χ4n) is 0.793. The van der Waals surface area contributed by atoms with Crippen molar-refractivity contribution in [2.24, 2.45) is 7.05 Å². The number of nitrogens with one attached hydrogen (secondary N) is 1. The number of H-pyrrole nitrogens is 1. The molecule has 0 fully saturated rings. The summed E-state index contributed by atoms with van der Waals surface area (Å²) in [5.41, 5.74) is 1.21. The molecule has 0 atom stereocenters. The molecule has 0 amide bonds. The molecule has 0 radical (unpaired) electrons. The maximum atomic E-state index is 3.17. The van der Waals surface area contributed by atoms with Gasteiger partial charge in [-0.15, -0.1) is 0 Å². The zero-order chi connectivity index (χ0) is 6.15. The Balaban J connectivity index is 3.14. The van der Waals surface area contributed by atoms with Crippen molar-refractivity contribution in [3.8, 4) is 0 Å². The number of hydrogen-bond donors (Lipinski definition) is 1. The fourth-order valence-corrected chi connectivity index (χ4v) is 0.793. The normalized spacial score (nSPS) is 9.88. The standard InChI is InChI=1S/C6H10N2/c1-5-4-8(3)6(2)7-5/h4H,1-3H3/p+1. The summed E-state index contributed by atoms with van der Waals surface area (Å²) >= 11 is 0. The quantitative estimate of drug-likeness (QED) is 0.469. The summed E-state index contributed by atoms with van der Waals surface area (Å²) in [5.74, 6) is 1.20. The minimum absolute atomic E-state index is 1.20. The van der Waals surface area contributed by atoms with Gasteiger partial charge in [0, 0.05) is 13.8 Å². The molecule has 1 rings (SSSR count). The molecule has 2 nitrogen and oxygen atoms in total. The zero-order valence-electron chi connectivity index (χ0n) is 5.52. The van der Waals surface area contributed by atoms with Gasteiger partial charge in [-0.25, -0.2) is 9.55 Å². The average molecular weight is 111 g/mol. The molecule has 0 aliphatic carbocycles. The molecule has 1 aromatic rings. The van der Waals surface area contributed by atoms with E-state index in [1.807, 2.05) is 20.9 Å². The molecular formula is C6H11N2+. The van der Waals surface area contributed by atoms with Crippen molar-refractivity contribution in [1.82, 2.24) is 4.98 Å². The van der Waals surface area contributed by atoms with Gasteiger partial charge in [0.2, 0.25) is 0 Å². The van der Waals surface area contributed by atoms with Crippen LogP contribution < -0.4 is 4.57 Å². The van der Waals surface area contributed by atoms with Crippen molar-refractivity contribution in [2.45, 2.75) is 13.8 Å². The van der Waals surface area contributed by atoms with Crippen LogP contribution in [0.25, 0.3) is 0 Å². The van der Waals surface area contributed by atoms with Gasteiger partial charge in [0.15, 0.2) is 0 Å². The molecule has 1 aromatic heterocycles. The summed E-state index contributed by atoms with van der Waals surface area (Å²) in [6.07, 6.45) is 2.06. The highest BCUT2D eigenvalue weighted by Crippen LogP contribution is 1.86. The van der Waals surface area contributed by atoms with Crippen LogP contribution in [0, 0.1) is 13.8 Å². The number of hydrogen-bond acceptors (Lipinski definition) is 0. The lowest BCUT2D eigenvalue weighted by Gasteiger charge is -1.77. The monoisotopic (exact) mass is 111 g/mol. The molecule has 1 N–H and O–H groups in total. The van der Waals surface area contributed by atoms with Crippen molar-refractivity contribution >= 4 is 0 Å². The molecule has 44 valence electrons. The molecule has 2 heteroatoms. The summed E-state index contributed by atoms with van der Waals surface area (Å²) in [7, 11) is 2.03. The van der Waals surface area contributed by atoms with Gasteiger partial charge in [-0.3, -0.25) is 0 Å². The maximum absolute atomic E-state index is 3.17. The van der Waals surface area contributed by atoms with E-state index in [9.17, 15) is 0 Å². The third-order valence-corrected chi connectivity index (χ3v) is 1.29. The molecule has 0 aliphatic rings. The van der Waals surface area contributed by atoms with Crippen molar-refractivity contribution in [1.29, 1.82) is 0 Å². The minimum Gasteiger partial charge on any atom is -0.245 e. The van der Waals surface area contributed by atoms with Gasteiger partial charge >= 0.3 is 0 Å². The number of aromatic nitrogens is 2. The van der Waals surface area contributed by atoms with E-state index in [0.29, 0.717) is 0 Å². The van der Waals surface area contributed by atoms with Gasteiger partial charge in [0.05, 0.1) is 7.05 Å². The molecule has 0 aromatic carbocycles. The van der Waals surface area contributed by atoms with Crippen LogP contribution in [0.1, 0.15) is 11.5 Å². The minimum atomic E-state index is 1.20. The second kappa shape index (κ2) is 1.62. The Kier molecular flexibility index (Phi) is 1.08. The van der Waals surface area contributed by atoms with E-state index in [0.717, 1.165) is 0 Å². The highest BCUT2D eigenvalue weighted by molar-refractivity contribution is 4.88. The van der Waals surface area contributed by atoms with Crippen molar-refractivity contribution in [3.05, 3.63) is 17.7 Å². The van der Waals surface area contributed by atoms with Gasteiger partial charge in [-0.05, 0) is 0 Å². The van der Waals surface area contributed by atoms with Gasteiger partial charge in [0.1, 0.15) is 11.9 Å². The predicted octanol–water partition coefficient (Wildman–Crippen LogP) is 0.456. The molecule has 8 heavy (non-hydrogen) atoms. The molecule has 0 unspecified atom stereocenters. The topological polar surface area (TPSA) is 19.7 Å². The predicted molar refractivity (Wildman–Crippen MR) is 31.4 cm³/mol.